The molecule has 8 nitrogen and oxygen atoms in total. The van der Waals surface area contributed by atoms with Crippen LogP contribution in [-0.2, 0) is 0 Å². The van der Waals surface area contributed by atoms with Gasteiger partial charge in [0.15, 0.2) is 0 Å². The maximum Gasteiger partial charge on any atom is 0.415 e. The van der Waals surface area contributed by atoms with Crippen LogP contribution in [0.4, 0.5) is 16.2 Å². The average Bonchev–Trinajstić information content (AvgIpc) is 2.58. The molecule has 1 aromatic carbocycles. The number of rotatable bonds is 1. The van der Waals surface area contributed by atoms with Crippen LogP contribution in [0.25, 0.3) is 0 Å². The van der Waals surface area contributed by atoms with Crippen molar-refractivity contribution in [2.75, 3.05) is 38.3 Å². The number of carbonyl (C=O) groups excluding carboxylic acids is 1. The molecule has 1 unspecified atom stereocenters. The third-order valence-electron chi connectivity index (χ3n) is 4.70. The molecule has 0 saturated carbocycles. The van der Waals surface area contributed by atoms with Gasteiger partial charge < -0.3 is 14.5 Å². The normalized spacial score (nSPS) is 21.8. The van der Waals surface area contributed by atoms with E-state index < -0.39 is 6.09 Å². The van der Waals surface area contributed by atoms with Gasteiger partial charge in [-0.05, 0) is 26.1 Å². The number of amides is 1. The number of piperazine rings is 1. The van der Waals surface area contributed by atoms with Crippen LogP contribution < -0.4 is 9.80 Å². The van der Waals surface area contributed by atoms with Crippen LogP contribution in [0.1, 0.15) is 13.8 Å². The second kappa shape index (κ2) is 6.29. The smallest absolute Gasteiger partial charge is 0.403 e. The lowest BCUT2D eigenvalue weighted by atomic mass is 10.1. The van der Waals surface area contributed by atoms with Gasteiger partial charge in [0, 0.05) is 37.8 Å². The molecule has 1 saturated heterocycles. The Morgan fingerprint density at radius 3 is 2.62 bits per heavy atom. The SMILES string of the molecule is CC1=[N+](O)c2c(OC(=O)N3CCN(C)CC3)cccc2N(O)C1C. The zero-order chi connectivity index (χ0) is 17.4. The molecule has 2 aliphatic rings. The van der Waals surface area contributed by atoms with E-state index in [9.17, 15) is 15.2 Å². The number of hydrogen-bond donors (Lipinski definition) is 2. The summed E-state index contributed by atoms with van der Waals surface area (Å²) in [5.41, 5.74) is 1.19. The summed E-state index contributed by atoms with van der Waals surface area (Å²) in [6.45, 7) is 6.26. The van der Waals surface area contributed by atoms with Gasteiger partial charge in [0.25, 0.3) is 0 Å². The monoisotopic (exact) mass is 335 g/mol. The highest BCUT2D eigenvalue weighted by molar-refractivity contribution is 5.91. The van der Waals surface area contributed by atoms with Gasteiger partial charge >= 0.3 is 11.8 Å². The van der Waals surface area contributed by atoms with Crippen molar-refractivity contribution in [2.45, 2.75) is 19.9 Å². The number of carbonyl (C=O) groups is 1. The van der Waals surface area contributed by atoms with E-state index in [2.05, 4.69) is 4.90 Å². The number of fused-ring (bicyclic) bond motifs is 1. The minimum Gasteiger partial charge on any atom is -0.403 e. The van der Waals surface area contributed by atoms with Crippen molar-refractivity contribution < 1.29 is 24.7 Å². The number of anilines is 1. The Morgan fingerprint density at radius 2 is 1.96 bits per heavy atom. The van der Waals surface area contributed by atoms with Crippen LogP contribution in [0.5, 0.6) is 5.75 Å². The van der Waals surface area contributed by atoms with Crippen molar-refractivity contribution in [3.63, 3.8) is 0 Å². The van der Waals surface area contributed by atoms with Crippen molar-refractivity contribution in [1.82, 2.24) is 9.80 Å². The number of likely N-dealkylation sites (N-methyl/N-ethyl adjacent to an activating group) is 1. The van der Waals surface area contributed by atoms with Crippen molar-refractivity contribution >= 4 is 23.2 Å². The zero-order valence-corrected chi connectivity index (χ0v) is 14.1. The molecular formula is C16H23N4O4+. The molecule has 130 valence electrons. The minimum absolute atomic E-state index is 0.212. The van der Waals surface area contributed by atoms with E-state index in [1.807, 2.05) is 7.05 Å². The van der Waals surface area contributed by atoms with Crippen molar-refractivity contribution in [3.8, 4) is 5.75 Å². The lowest BCUT2D eigenvalue weighted by molar-refractivity contribution is -0.714. The first-order valence-electron chi connectivity index (χ1n) is 7.99. The molecule has 0 radical (unpaired) electrons. The summed E-state index contributed by atoms with van der Waals surface area (Å²) >= 11 is 0. The Morgan fingerprint density at radius 1 is 1.29 bits per heavy atom. The maximum atomic E-state index is 12.4. The third-order valence-corrected chi connectivity index (χ3v) is 4.70. The highest BCUT2D eigenvalue weighted by atomic mass is 16.6. The molecule has 0 bridgehead atoms. The van der Waals surface area contributed by atoms with Crippen LogP contribution in [0.2, 0.25) is 0 Å². The number of hydroxylamine groups is 1. The van der Waals surface area contributed by atoms with E-state index in [0.29, 0.717) is 24.5 Å². The summed E-state index contributed by atoms with van der Waals surface area (Å²) in [4.78, 5) is 16.2. The van der Waals surface area contributed by atoms with Gasteiger partial charge in [-0.3, -0.25) is 10.4 Å². The first kappa shape index (κ1) is 16.5. The minimum atomic E-state index is -0.453. The maximum absolute atomic E-state index is 12.4. The van der Waals surface area contributed by atoms with Crippen LogP contribution in [0, 0.1) is 0 Å². The topological polar surface area (TPSA) is 79.5 Å². The number of ether oxygens (including phenoxy) is 1. The van der Waals surface area contributed by atoms with Gasteiger partial charge in [0.05, 0.1) is 0 Å². The van der Waals surface area contributed by atoms with Crippen molar-refractivity contribution in [2.24, 2.45) is 0 Å². The fourth-order valence-corrected chi connectivity index (χ4v) is 2.88. The molecule has 1 atom stereocenters. The summed E-state index contributed by atoms with van der Waals surface area (Å²) in [6, 6.07) is 4.56. The fraction of sp³-hybridized carbons (Fsp3) is 0.500. The molecule has 1 amide bonds. The average molecular weight is 335 g/mol. The molecule has 3 rings (SSSR count). The second-order valence-electron chi connectivity index (χ2n) is 6.26. The van der Waals surface area contributed by atoms with Crippen LogP contribution >= 0.6 is 0 Å². The fourth-order valence-electron chi connectivity index (χ4n) is 2.88. The van der Waals surface area contributed by atoms with E-state index in [0.717, 1.165) is 22.9 Å². The number of para-hydroxylation sites is 1. The lowest BCUT2D eigenvalue weighted by Crippen LogP contribution is -2.48. The van der Waals surface area contributed by atoms with Gasteiger partial charge in [0.1, 0.15) is 11.7 Å². The Kier molecular flexibility index (Phi) is 4.33. The molecule has 0 aromatic heterocycles. The van der Waals surface area contributed by atoms with E-state index in [1.165, 1.54) is 0 Å². The highest BCUT2D eigenvalue weighted by Crippen LogP contribution is 2.40. The molecule has 0 aliphatic carbocycles. The Bertz CT molecular complexity index is 683. The Hall–Kier alpha value is -2.32. The van der Waals surface area contributed by atoms with E-state index in [4.69, 9.17) is 4.74 Å². The van der Waals surface area contributed by atoms with E-state index >= 15 is 0 Å². The summed E-state index contributed by atoms with van der Waals surface area (Å²) < 4.78 is 6.48. The van der Waals surface area contributed by atoms with E-state index in [-0.39, 0.29) is 17.5 Å². The standard InChI is InChI=1S/C16H23N4O4/c1-11-12(2)20(23)15-13(19(11)22)5-4-6-14(15)24-16(21)18-9-7-17(3)8-10-18/h4-6,11,22-23H,7-10H2,1-3H3/q+1. The highest BCUT2D eigenvalue weighted by Gasteiger charge is 2.39. The van der Waals surface area contributed by atoms with Gasteiger partial charge in [-0.1, -0.05) is 6.07 Å². The molecule has 8 heteroatoms. The number of benzene rings is 1. The molecule has 24 heavy (non-hydrogen) atoms. The molecule has 2 N–H and O–H groups in total. The molecule has 0 spiro atoms. The molecule has 1 fully saturated rings. The van der Waals surface area contributed by atoms with Crippen LogP contribution in [0.15, 0.2) is 18.2 Å². The van der Waals surface area contributed by atoms with Crippen molar-refractivity contribution in [3.05, 3.63) is 18.2 Å². The van der Waals surface area contributed by atoms with Gasteiger partial charge in [-0.25, -0.2) is 9.86 Å². The van der Waals surface area contributed by atoms with Crippen LogP contribution in [0.3, 0.4) is 0 Å². The van der Waals surface area contributed by atoms with Gasteiger partial charge in [0.2, 0.25) is 11.5 Å². The molecule has 2 aliphatic heterocycles. The third kappa shape index (κ3) is 2.78. The van der Waals surface area contributed by atoms with E-state index in [1.54, 1.807) is 36.9 Å². The molecular weight excluding hydrogens is 312 g/mol. The number of hydrogen-bond acceptors (Lipinski definition) is 6. The van der Waals surface area contributed by atoms with Gasteiger partial charge in [-0.15, -0.1) is 0 Å². The lowest BCUT2D eigenvalue weighted by Gasteiger charge is -2.31. The second-order valence-corrected chi connectivity index (χ2v) is 6.26. The summed E-state index contributed by atoms with van der Waals surface area (Å²) in [7, 11) is 2.01. The number of nitrogens with zero attached hydrogens (tertiary/aromatic N) is 4. The predicted octanol–water partition coefficient (Wildman–Crippen LogP) is 1.52. The quantitative estimate of drug-likeness (QED) is 0.598. The summed E-state index contributed by atoms with van der Waals surface area (Å²) in [6.07, 6.45) is -0.453. The van der Waals surface area contributed by atoms with Crippen LogP contribution in [-0.4, -0.2) is 76.0 Å². The van der Waals surface area contributed by atoms with Gasteiger partial charge in [-0.2, -0.15) is 0 Å². The largest absolute Gasteiger partial charge is 0.415 e. The predicted molar refractivity (Wildman–Crippen MR) is 87.7 cm³/mol. The first-order chi connectivity index (χ1) is 11.4. The summed E-state index contributed by atoms with van der Waals surface area (Å²) in [5, 5.41) is 21.7. The molecule has 2 heterocycles. The molecule has 1 aromatic rings. The van der Waals surface area contributed by atoms with Crippen molar-refractivity contribution in [1.29, 1.82) is 0 Å². The first-order valence-corrected chi connectivity index (χ1v) is 7.99. The summed E-state index contributed by atoms with van der Waals surface area (Å²) in [5.74, 6) is 0.212. The zero-order valence-electron chi connectivity index (χ0n) is 14.1. The Balaban J connectivity index is 1.88. The Labute approximate surface area is 140 Å².